The first-order valence-corrected chi connectivity index (χ1v) is 12.6. The number of alkyl halides is 1. The first-order valence-electron chi connectivity index (χ1n) is 12.6. The van der Waals surface area contributed by atoms with Gasteiger partial charge in [0.05, 0.1) is 19.0 Å². The Hall–Kier alpha value is -3.40. The number of rotatable bonds is 7. The summed E-state index contributed by atoms with van der Waals surface area (Å²) in [5.74, 6) is 0.0996. The highest BCUT2D eigenvalue weighted by Crippen LogP contribution is 2.42. The molecule has 2 bridgehead atoms. The van der Waals surface area contributed by atoms with E-state index in [0.29, 0.717) is 17.1 Å². The molecule has 0 radical (unpaired) electrons. The van der Waals surface area contributed by atoms with Gasteiger partial charge in [-0.25, -0.2) is 8.78 Å². The van der Waals surface area contributed by atoms with E-state index in [1.807, 2.05) is 4.90 Å². The van der Waals surface area contributed by atoms with Gasteiger partial charge < -0.3 is 20.1 Å². The fourth-order valence-electron chi connectivity index (χ4n) is 6.14. The van der Waals surface area contributed by atoms with Crippen LogP contribution in [0.5, 0.6) is 11.6 Å². The van der Waals surface area contributed by atoms with Crippen molar-refractivity contribution < 1.29 is 18.6 Å². The highest BCUT2D eigenvalue weighted by molar-refractivity contribution is 5.75. The number of anilines is 1. The largest absolute Gasteiger partial charge is 0.507 e. The lowest BCUT2D eigenvalue weighted by atomic mass is 9.69. The molecule has 0 aliphatic carbocycles. The molecule has 3 aromatic rings. The molecule has 2 aliphatic heterocycles. The lowest BCUT2D eigenvalue weighted by Gasteiger charge is -2.55. The van der Waals surface area contributed by atoms with Gasteiger partial charge in [-0.3, -0.25) is 0 Å². The zero-order valence-corrected chi connectivity index (χ0v) is 21.3. The number of ether oxygens (including phenoxy) is 1. The summed E-state index contributed by atoms with van der Waals surface area (Å²) in [7, 11) is 1.44. The Labute approximate surface area is 215 Å². The molecule has 4 heterocycles. The van der Waals surface area contributed by atoms with E-state index < -0.39 is 12.5 Å². The molecule has 2 aromatic heterocycles. The minimum absolute atomic E-state index is 0.0112. The van der Waals surface area contributed by atoms with Gasteiger partial charge >= 0.3 is 0 Å². The summed E-state index contributed by atoms with van der Waals surface area (Å²) >= 11 is 0. The molecule has 0 unspecified atom stereocenters. The third-order valence-corrected chi connectivity index (χ3v) is 7.66. The van der Waals surface area contributed by atoms with Crippen LogP contribution in [0.4, 0.5) is 14.6 Å². The number of aromatic nitrogens is 4. The van der Waals surface area contributed by atoms with Gasteiger partial charge in [0, 0.05) is 46.4 Å². The van der Waals surface area contributed by atoms with E-state index >= 15 is 4.39 Å². The third-order valence-electron chi connectivity index (χ3n) is 7.66. The Bertz CT molecular complexity index is 1260. The van der Waals surface area contributed by atoms with Crippen LogP contribution in [0, 0.1) is 5.82 Å². The molecule has 10 heteroatoms. The lowest BCUT2D eigenvalue weighted by molar-refractivity contribution is 0.0767. The first kappa shape index (κ1) is 25.3. The molecule has 8 nitrogen and oxygen atoms in total. The molecular formula is C27H32F2N6O2. The van der Waals surface area contributed by atoms with Crippen molar-refractivity contribution in [3.63, 3.8) is 0 Å². The number of piperidine rings is 2. The zero-order valence-electron chi connectivity index (χ0n) is 21.3. The maximum Gasteiger partial charge on any atom is 0.233 e. The number of fused-ring (bicyclic) bond motifs is 2. The number of methoxy groups -OCH3 is 1. The van der Waals surface area contributed by atoms with E-state index in [1.54, 1.807) is 12.1 Å². The number of aromatic hydroxyl groups is 1. The Morgan fingerprint density at radius 2 is 1.84 bits per heavy atom. The maximum atomic E-state index is 15.1. The lowest BCUT2D eigenvalue weighted by Crippen LogP contribution is -2.67. The molecule has 196 valence electrons. The van der Waals surface area contributed by atoms with E-state index in [4.69, 9.17) is 4.74 Å². The van der Waals surface area contributed by atoms with Crippen molar-refractivity contribution in [1.29, 1.82) is 0 Å². The van der Waals surface area contributed by atoms with E-state index in [2.05, 4.69) is 39.6 Å². The molecule has 0 saturated carbocycles. The Kier molecular flexibility index (Phi) is 6.70. The summed E-state index contributed by atoms with van der Waals surface area (Å²) in [6.07, 6.45) is 6.56. The van der Waals surface area contributed by atoms with Crippen LogP contribution in [0.1, 0.15) is 46.0 Å². The molecular weight excluding hydrogens is 478 g/mol. The molecule has 37 heavy (non-hydrogen) atoms. The van der Waals surface area contributed by atoms with E-state index in [-0.39, 0.29) is 46.4 Å². The summed E-state index contributed by atoms with van der Waals surface area (Å²) in [6.45, 7) is 4.22. The monoisotopic (exact) mass is 510 g/mol. The predicted molar refractivity (Wildman–Crippen MR) is 137 cm³/mol. The molecule has 0 amide bonds. The average Bonchev–Trinajstić information content (AvgIpc) is 2.87. The Morgan fingerprint density at radius 1 is 1.08 bits per heavy atom. The SMILES string of the molecule is COc1cc(-c2cc(O)c(-c3ccc(N(CCF)[C@@H]4C[C@]5(C)CCC[C@](C)(C4)N5)nn3)cc2F)cnn1. The Morgan fingerprint density at radius 3 is 2.49 bits per heavy atom. The fraction of sp³-hybridized carbons (Fsp3) is 0.481. The van der Waals surface area contributed by atoms with Crippen LogP contribution >= 0.6 is 0 Å². The van der Waals surface area contributed by atoms with Gasteiger partial charge in [-0.2, -0.15) is 5.10 Å². The van der Waals surface area contributed by atoms with Crippen LogP contribution in [-0.2, 0) is 0 Å². The zero-order chi connectivity index (χ0) is 26.2. The van der Waals surface area contributed by atoms with Crippen molar-refractivity contribution in [2.24, 2.45) is 0 Å². The van der Waals surface area contributed by atoms with Gasteiger partial charge in [0.1, 0.15) is 18.2 Å². The highest BCUT2D eigenvalue weighted by atomic mass is 19.1. The standard InChI is InChI=1S/C27H32F2N6O2/c1-26-7-4-8-27(2,34-26)15-18(14-26)35(10-9-28)24-6-5-22(31-32-24)20-12-21(29)19(13-23(20)36)17-11-25(37-3)33-30-16-17/h5-6,11-13,16,18,34,36H,4,7-10,14-15H2,1-3H3/t18-,26+,27-. The average molecular weight is 511 g/mol. The summed E-state index contributed by atoms with van der Waals surface area (Å²) < 4.78 is 33.8. The second-order valence-corrected chi connectivity index (χ2v) is 10.7. The molecule has 2 aliphatic rings. The van der Waals surface area contributed by atoms with Crippen molar-refractivity contribution in [3.8, 4) is 34.0 Å². The fourth-order valence-corrected chi connectivity index (χ4v) is 6.14. The minimum atomic E-state index is -0.560. The Balaban J connectivity index is 1.42. The van der Waals surface area contributed by atoms with Gasteiger partial charge in [-0.1, -0.05) is 0 Å². The second-order valence-electron chi connectivity index (χ2n) is 10.7. The molecule has 1 aromatic carbocycles. The second kappa shape index (κ2) is 9.81. The van der Waals surface area contributed by atoms with Crippen LogP contribution in [-0.4, -0.2) is 63.0 Å². The van der Waals surface area contributed by atoms with Gasteiger partial charge in [0.15, 0.2) is 5.82 Å². The van der Waals surface area contributed by atoms with Crippen molar-refractivity contribution in [3.05, 3.63) is 42.3 Å². The van der Waals surface area contributed by atoms with E-state index in [1.165, 1.54) is 37.9 Å². The summed E-state index contributed by atoms with van der Waals surface area (Å²) in [5.41, 5.74) is 1.13. The van der Waals surface area contributed by atoms with Gasteiger partial charge in [-0.15, -0.1) is 15.3 Å². The van der Waals surface area contributed by atoms with Crippen LogP contribution < -0.4 is 15.0 Å². The van der Waals surface area contributed by atoms with Gasteiger partial charge in [0.2, 0.25) is 5.88 Å². The number of nitrogens with zero attached hydrogens (tertiary/aromatic N) is 5. The van der Waals surface area contributed by atoms with Crippen molar-refractivity contribution in [2.45, 2.75) is 63.1 Å². The van der Waals surface area contributed by atoms with Crippen molar-refractivity contribution >= 4 is 5.82 Å². The number of hydrogen-bond donors (Lipinski definition) is 2. The number of nitrogens with one attached hydrogen (secondary N) is 1. The normalized spacial score (nSPS) is 25.1. The quantitative estimate of drug-likeness (QED) is 0.473. The van der Waals surface area contributed by atoms with E-state index in [0.717, 1.165) is 25.7 Å². The van der Waals surface area contributed by atoms with Crippen molar-refractivity contribution in [1.82, 2.24) is 25.7 Å². The molecule has 2 saturated heterocycles. The summed E-state index contributed by atoms with van der Waals surface area (Å²) in [4.78, 5) is 2.01. The molecule has 0 spiro atoms. The van der Waals surface area contributed by atoms with Crippen LogP contribution in [0.3, 0.4) is 0 Å². The molecule has 2 fully saturated rings. The number of benzene rings is 1. The molecule has 3 atom stereocenters. The highest BCUT2D eigenvalue weighted by Gasteiger charge is 2.47. The van der Waals surface area contributed by atoms with Crippen LogP contribution in [0.2, 0.25) is 0 Å². The number of phenols is 1. The maximum absolute atomic E-state index is 15.1. The smallest absolute Gasteiger partial charge is 0.233 e. The topological polar surface area (TPSA) is 96.3 Å². The number of hydrogen-bond acceptors (Lipinski definition) is 8. The minimum Gasteiger partial charge on any atom is -0.507 e. The summed E-state index contributed by atoms with van der Waals surface area (Å²) in [5, 5.41) is 30.8. The molecule has 5 rings (SSSR count). The van der Waals surface area contributed by atoms with Crippen molar-refractivity contribution in [2.75, 3.05) is 25.2 Å². The third kappa shape index (κ3) is 5.07. The number of halogens is 2. The van der Waals surface area contributed by atoms with E-state index in [9.17, 15) is 9.50 Å². The van der Waals surface area contributed by atoms with Gasteiger partial charge in [-0.05, 0) is 70.2 Å². The predicted octanol–water partition coefficient (Wildman–Crippen LogP) is 4.68. The number of phenolic OH excluding ortho intramolecular Hbond substituents is 1. The molecule has 2 N–H and O–H groups in total. The first-order chi connectivity index (χ1) is 17.7. The van der Waals surface area contributed by atoms with Crippen LogP contribution in [0.25, 0.3) is 22.4 Å². The van der Waals surface area contributed by atoms with Crippen LogP contribution in [0.15, 0.2) is 36.5 Å². The van der Waals surface area contributed by atoms with Gasteiger partial charge in [0.25, 0.3) is 0 Å². The summed E-state index contributed by atoms with van der Waals surface area (Å²) in [6, 6.07) is 7.66.